The minimum absolute atomic E-state index is 0.428. The number of rotatable bonds is 3. The van der Waals surface area contributed by atoms with Gasteiger partial charge in [-0.1, -0.05) is 28.4 Å². The van der Waals surface area contributed by atoms with Crippen molar-refractivity contribution in [2.75, 3.05) is 0 Å². The maximum absolute atomic E-state index is 6.12. The normalized spacial score (nSPS) is 10.9. The van der Waals surface area contributed by atoms with Crippen molar-refractivity contribution in [2.45, 2.75) is 13.5 Å². The van der Waals surface area contributed by atoms with Gasteiger partial charge < -0.3 is 4.52 Å². The lowest BCUT2D eigenvalue weighted by atomic mass is 10.2. The molecule has 20 heavy (non-hydrogen) atoms. The van der Waals surface area contributed by atoms with Crippen LogP contribution in [0.2, 0.25) is 10.0 Å². The van der Waals surface area contributed by atoms with Crippen LogP contribution in [-0.4, -0.2) is 19.9 Å². The van der Waals surface area contributed by atoms with Crippen LogP contribution in [-0.2, 0) is 6.54 Å². The van der Waals surface area contributed by atoms with Crippen molar-refractivity contribution < 1.29 is 4.52 Å². The van der Waals surface area contributed by atoms with Gasteiger partial charge in [-0.15, -0.1) is 0 Å². The molecule has 0 aliphatic heterocycles. The minimum atomic E-state index is 0.428. The third-order valence-electron chi connectivity index (χ3n) is 2.85. The number of halogens is 2. The Labute approximate surface area is 125 Å². The molecule has 0 radical (unpaired) electrons. The Morgan fingerprint density at radius 3 is 2.80 bits per heavy atom. The Morgan fingerprint density at radius 2 is 2.10 bits per heavy atom. The van der Waals surface area contributed by atoms with Gasteiger partial charge in [0, 0.05) is 22.5 Å². The van der Waals surface area contributed by atoms with Gasteiger partial charge in [0.1, 0.15) is 6.54 Å². The highest BCUT2D eigenvalue weighted by atomic mass is 35.5. The quantitative estimate of drug-likeness (QED) is 0.742. The molecule has 2 aromatic heterocycles. The van der Waals surface area contributed by atoms with E-state index >= 15 is 0 Å². The third-order valence-corrected chi connectivity index (χ3v) is 3.40. The van der Waals surface area contributed by atoms with E-state index in [-0.39, 0.29) is 0 Å². The summed E-state index contributed by atoms with van der Waals surface area (Å²) in [6, 6.07) is 7.05. The smallest absolute Gasteiger partial charge is 0.248 e. The number of aryl methyl sites for hydroxylation is 1. The second kappa shape index (κ2) is 5.26. The van der Waals surface area contributed by atoms with Crippen molar-refractivity contribution in [3.05, 3.63) is 52.1 Å². The van der Waals surface area contributed by atoms with Gasteiger partial charge in [-0.2, -0.15) is 10.1 Å². The van der Waals surface area contributed by atoms with Crippen LogP contribution in [0.4, 0.5) is 0 Å². The molecule has 3 rings (SSSR count). The zero-order valence-electron chi connectivity index (χ0n) is 10.5. The number of hydrogen-bond acceptors (Lipinski definition) is 4. The van der Waals surface area contributed by atoms with E-state index in [9.17, 15) is 0 Å². The molecule has 0 aliphatic carbocycles. The monoisotopic (exact) mass is 308 g/mol. The van der Waals surface area contributed by atoms with Crippen molar-refractivity contribution in [3.63, 3.8) is 0 Å². The summed E-state index contributed by atoms with van der Waals surface area (Å²) in [5.41, 5.74) is 1.71. The van der Waals surface area contributed by atoms with Gasteiger partial charge in [-0.05, 0) is 31.2 Å². The molecule has 0 saturated heterocycles. The highest BCUT2D eigenvalue weighted by Gasteiger charge is 2.13. The fraction of sp³-hybridized carbons (Fsp3) is 0.154. The van der Waals surface area contributed by atoms with E-state index in [4.69, 9.17) is 27.7 Å². The molecule has 0 unspecified atom stereocenters. The number of hydrogen-bond donors (Lipinski definition) is 0. The first-order chi connectivity index (χ1) is 9.63. The Balaban J connectivity index is 1.88. The lowest BCUT2D eigenvalue weighted by Crippen LogP contribution is -2.03. The molecule has 1 aromatic carbocycles. The summed E-state index contributed by atoms with van der Waals surface area (Å²) in [7, 11) is 0. The fourth-order valence-electron chi connectivity index (χ4n) is 1.79. The molecule has 0 aliphatic rings. The molecule has 5 nitrogen and oxygen atoms in total. The average molecular weight is 309 g/mol. The van der Waals surface area contributed by atoms with E-state index < -0.39 is 0 Å². The lowest BCUT2D eigenvalue weighted by molar-refractivity contribution is 0.365. The summed E-state index contributed by atoms with van der Waals surface area (Å²) in [5, 5.41) is 9.15. The van der Waals surface area contributed by atoms with Crippen molar-refractivity contribution >= 4 is 23.2 Å². The van der Waals surface area contributed by atoms with E-state index in [0.717, 1.165) is 5.69 Å². The Hall–Kier alpha value is -1.85. The minimum Gasteiger partial charge on any atom is -0.337 e. The maximum Gasteiger partial charge on any atom is 0.248 e. The predicted octanol–water partition coefficient (Wildman–Crippen LogP) is 3.60. The first-order valence-corrected chi connectivity index (χ1v) is 6.65. The van der Waals surface area contributed by atoms with Gasteiger partial charge in [0.05, 0.1) is 5.02 Å². The van der Waals surface area contributed by atoms with Gasteiger partial charge in [0.25, 0.3) is 0 Å². The molecule has 0 spiro atoms. The van der Waals surface area contributed by atoms with Crippen LogP contribution in [0.5, 0.6) is 0 Å². The van der Waals surface area contributed by atoms with Crippen LogP contribution in [0.25, 0.3) is 11.4 Å². The van der Waals surface area contributed by atoms with E-state index in [1.165, 1.54) is 0 Å². The highest BCUT2D eigenvalue weighted by molar-refractivity contribution is 6.36. The van der Waals surface area contributed by atoms with Crippen molar-refractivity contribution in [2.24, 2.45) is 0 Å². The number of aromatic nitrogens is 4. The molecular weight excluding hydrogens is 299 g/mol. The Kier molecular flexibility index (Phi) is 3.46. The van der Waals surface area contributed by atoms with Gasteiger partial charge >= 0.3 is 0 Å². The summed E-state index contributed by atoms with van der Waals surface area (Å²) in [4.78, 5) is 4.32. The first kappa shape index (κ1) is 13.1. The average Bonchev–Trinajstić information content (AvgIpc) is 3.00. The van der Waals surface area contributed by atoms with Crippen LogP contribution in [0.15, 0.2) is 35.0 Å². The molecule has 0 saturated carbocycles. The number of nitrogens with zero attached hydrogens (tertiary/aromatic N) is 4. The third kappa shape index (κ3) is 2.55. The van der Waals surface area contributed by atoms with E-state index in [0.29, 0.717) is 33.9 Å². The molecule has 3 aromatic rings. The summed E-state index contributed by atoms with van der Waals surface area (Å²) < 4.78 is 7.00. The van der Waals surface area contributed by atoms with Crippen molar-refractivity contribution in [1.82, 2.24) is 19.9 Å². The second-order valence-corrected chi connectivity index (χ2v) is 5.11. The van der Waals surface area contributed by atoms with Crippen molar-refractivity contribution in [1.29, 1.82) is 0 Å². The van der Waals surface area contributed by atoms with Gasteiger partial charge in [0.15, 0.2) is 0 Å². The topological polar surface area (TPSA) is 56.7 Å². The highest BCUT2D eigenvalue weighted by Crippen LogP contribution is 2.28. The fourth-order valence-corrected chi connectivity index (χ4v) is 2.28. The van der Waals surface area contributed by atoms with E-state index in [1.807, 2.05) is 13.0 Å². The molecule has 102 valence electrons. The maximum atomic E-state index is 6.12. The van der Waals surface area contributed by atoms with Crippen LogP contribution in [0.3, 0.4) is 0 Å². The van der Waals surface area contributed by atoms with Gasteiger partial charge in [-0.3, -0.25) is 4.68 Å². The molecule has 0 fully saturated rings. The summed E-state index contributed by atoms with van der Waals surface area (Å²) in [6.45, 7) is 2.39. The second-order valence-electron chi connectivity index (χ2n) is 4.27. The molecule has 7 heteroatoms. The first-order valence-electron chi connectivity index (χ1n) is 5.90. The number of benzene rings is 1. The molecule has 0 bridgehead atoms. The van der Waals surface area contributed by atoms with Crippen LogP contribution in [0, 0.1) is 6.92 Å². The summed E-state index contributed by atoms with van der Waals surface area (Å²) >= 11 is 12.0. The predicted molar refractivity (Wildman–Crippen MR) is 75.8 cm³/mol. The largest absolute Gasteiger partial charge is 0.337 e. The van der Waals surface area contributed by atoms with Crippen LogP contribution >= 0.6 is 23.2 Å². The van der Waals surface area contributed by atoms with Gasteiger partial charge in [0.2, 0.25) is 11.7 Å². The molecule has 0 atom stereocenters. The Morgan fingerprint density at radius 1 is 1.25 bits per heavy atom. The standard InChI is InChI=1S/C13H10Cl2N4O/c1-8-4-5-16-19(8)7-12-17-13(18-20-12)10-3-2-9(14)6-11(10)15/h2-6H,7H2,1H3. The zero-order valence-corrected chi connectivity index (χ0v) is 12.1. The molecule has 0 amide bonds. The molecule has 0 N–H and O–H groups in total. The van der Waals surface area contributed by atoms with Crippen molar-refractivity contribution in [3.8, 4) is 11.4 Å². The van der Waals surface area contributed by atoms with Gasteiger partial charge in [-0.25, -0.2) is 0 Å². The summed E-state index contributed by atoms with van der Waals surface area (Å²) in [6.07, 6.45) is 1.72. The van der Waals surface area contributed by atoms with E-state index in [1.54, 1.807) is 29.1 Å². The molecule has 2 heterocycles. The lowest BCUT2D eigenvalue weighted by Gasteiger charge is -1.99. The van der Waals surface area contributed by atoms with E-state index in [2.05, 4.69) is 15.2 Å². The Bertz CT molecular complexity index is 750. The SMILES string of the molecule is Cc1ccnn1Cc1nc(-c2ccc(Cl)cc2Cl)no1. The van der Waals surface area contributed by atoms with Crippen LogP contribution < -0.4 is 0 Å². The summed E-state index contributed by atoms with van der Waals surface area (Å²) in [5.74, 6) is 0.907. The molecular formula is C13H10Cl2N4O. The van der Waals surface area contributed by atoms with Crippen LogP contribution in [0.1, 0.15) is 11.6 Å². The zero-order chi connectivity index (χ0) is 14.1.